The lowest BCUT2D eigenvalue weighted by molar-refractivity contribution is -0.384. The van der Waals surface area contributed by atoms with E-state index in [1.54, 1.807) is 12.1 Å². The van der Waals surface area contributed by atoms with Gasteiger partial charge in [0, 0.05) is 24.7 Å². The van der Waals surface area contributed by atoms with Gasteiger partial charge in [0.1, 0.15) is 0 Å². The largest absolute Gasteiger partial charge is 0.391 e. The van der Waals surface area contributed by atoms with Crippen LogP contribution in [0.25, 0.3) is 0 Å². The van der Waals surface area contributed by atoms with Gasteiger partial charge in [-0.15, -0.1) is 0 Å². The molecule has 0 bridgehead atoms. The molecular weight excluding hydrogens is 448 g/mol. The van der Waals surface area contributed by atoms with E-state index in [1.165, 1.54) is 12.1 Å². The van der Waals surface area contributed by atoms with Crippen LogP contribution in [-0.4, -0.2) is 33.6 Å². The van der Waals surface area contributed by atoms with E-state index in [1.807, 2.05) is 18.2 Å². The number of nitrogens with zero attached hydrogens (tertiary/aromatic N) is 2. The zero-order valence-electron chi connectivity index (χ0n) is 20.1. The van der Waals surface area contributed by atoms with E-state index >= 15 is 0 Å². The Balaban J connectivity index is 1.60. The number of nitro benzene ring substituents is 1. The zero-order chi connectivity index (χ0) is 25.0. The van der Waals surface area contributed by atoms with E-state index in [9.17, 15) is 15.2 Å². The molecule has 0 spiro atoms. The van der Waals surface area contributed by atoms with Crippen LogP contribution in [0.2, 0.25) is 0 Å². The third-order valence-electron chi connectivity index (χ3n) is 7.34. The fraction of sp³-hybridized carbons (Fsp3) is 0.226. The maximum Gasteiger partial charge on any atom is 0.269 e. The van der Waals surface area contributed by atoms with Gasteiger partial charge >= 0.3 is 0 Å². The highest BCUT2D eigenvalue weighted by atomic mass is 16.6. The first-order valence-corrected chi connectivity index (χ1v) is 12.5. The molecule has 1 saturated heterocycles. The van der Waals surface area contributed by atoms with Gasteiger partial charge in [-0.1, -0.05) is 103 Å². The summed E-state index contributed by atoms with van der Waals surface area (Å²) in [7, 11) is 0. The van der Waals surface area contributed by atoms with Crippen LogP contribution in [0.15, 0.2) is 115 Å². The van der Waals surface area contributed by atoms with Crippen molar-refractivity contribution in [3.05, 3.63) is 148 Å². The summed E-state index contributed by atoms with van der Waals surface area (Å²) in [6.45, 7) is 0.848. The Morgan fingerprint density at radius 1 is 0.806 bits per heavy atom. The third-order valence-corrected chi connectivity index (χ3v) is 7.34. The number of rotatable bonds is 8. The number of nitro groups is 1. The summed E-state index contributed by atoms with van der Waals surface area (Å²) in [5.41, 5.74) is 3.88. The van der Waals surface area contributed by atoms with Gasteiger partial charge in [-0.2, -0.15) is 0 Å². The Bertz CT molecular complexity index is 1180. The van der Waals surface area contributed by atoms with E-state index < -0.39 is 16.6 Å². The monoisotopic (exact) mass is 478 g/mol. The molecule has 0 saturated carbocycles. The second-order valence-electron chi connectivity index (χ2n) is 9.41. The molecule has 1 heterocycles. The lowest BCUT2D eigenvalue weighted by Gasteiger charge is -2.47. The lowest BCUT2D eigenvalue weighted by atomic mass is 9.74. The van der Waals surface area contributed by atoms with E-state index in [2.05, 4.69) is 77.7 Å². The summed E-state index contributed by atoms with van der Waals surface area (Å²) < 4.78 is 0. The molecule has 2 atom stereocenters. The van der Waals surface area contributed by atoms with Crippen molar-refractivity contribution < 1.29 is 10.0 Å². The average Bonchev–Trinajstić information content (AvgIpc) is 3.42. The first-order chi connectivity index (χ1) is 17.6. The summed E-state index contributed by atoms with van der Waals surface area (Å²) in [6.07, 6.45) is 1.68. The number of benzene rings is 4. The van der Waals surface area contributed by atoms with Gasteiger partial charge < -0.3 is 5.11 Å². The Morgan fingerprint density at radius 3 is 1.72 bits per heavy atom. The summed E-state index contributed by atoms with van der Waals surface area (Å²) >= 11 is 0. The molecule has 1 aliphatic heterocycles. The van der Waals surface area contributed by atoms with E-state index in [0.29, 0.717) is 6.42 Å². The maximum absolute atomic E-state index is 11.6. The van der Waals surface area contributed by atoms with Gasteiger partial charge in [0.15, 0.2) is 0 Å². The van der Waals surface area contributed by atoms with Crippen molar-refractivity contribution in [3.8, 4) is 0 Å². The van der Waals surface area contributed by atoms with Gasteiger partial charge in [-0.3, -0.25) is 15.0 Å². The predicted octanol–water partition coefficient (Wildman–Crippen LogP) is 5.95. The molecule has 1 aliphatic rings. The molecule has 4 aromatic rings. The lowest BCUT2D eigenvalue weighted by Crippen LogP contribution is -2.54. The van der Waals surface area contributed by atoms with Gasteiger partial charge in [0.2, 0.25) is 0 Å². The van der Waals surface area contributed by atoms with Crippen molar-refractivity contribution in [2.24, 2.45) is 0 Å². The second kappa shape index (κ2) is 10.4. The van der Waals surface area contributed by atoms with E-state index in [4.69, 9.17) is 0 Å². The van der Waals surface area contributed by atoms with Gasteiger partial charge in [0.05, 0.1) is 16.6 Å². The molecule has 5 rings (SSSR count). The van der Waals surface area contributed by atoms with Gasteiger partial charge in [-0.25, -0.2) is 0 Å². The molecule has 0 aromatic heterocycles. The minimum Gasteiger partial charge on any atom is -0.391 e. The zero-order valence-corrected chi connectivity index (χ0v) is 20.1. The van der Waals surface area contributed by atoms with Crippen LogP contribution in [0.4, 0.5) is 5.69 Å². The Morgan fingerprint density at radius 2 is 1.28 bits per heavy atom. The van der Waals surface area contributed by atoms with Crippen LogP contribution in [-0.2, 0) is 12.0 Å². The molecule has 1 fully saturated rings. The normalized spacial score (nSPS) is 17.1. The van der Waals surface area contributed by atoms with Crippen LogP contribution < -0.4 is 0 Å². The molecule has 4 aromatic carbocycles. The molecule has 0 amide bonds. The van der Waals surface area contributed by atoms with Crippen molar-refractivity contribution in [2.45, 2.75) is 36.9 Å². The molecule has 182 valence electrons. The number of hydrogen-bond donors (Lipinski definition) is 1. The summed E-state index contributed by atoms with van der Waals surface area (Å²) in [5.74, 6) is 0. The van der Waals surface area contributed by atoms with Crippen LogP contribution in [0.3, 0.4) is 0 Å². The summed E-state index contributed by atoms with van der Waals surface area (Å²) in [6, 6.07) is 38.1. The van der Waals surface area contributed by atoms with Crippen LogP contribution in [0.5, 0.6) is 0 Å². The van der Waals surface area contributed by atoms with Crippen molar-refractivity contribution in [1.29, 1.82) is 0 Å². The number of non-ortho nitro benzene ring substituents is 1. The Hall–Kier alpha value is -3.80. The SMILES string of the molecule is O=[N+]([O-])c1ccc(C[C@H](O)C2CCCN2C(c2ccccc2)(c2ccccc2)c2ccccc2)cc1. The maximum atomic E-state index is 11.6. The van der Waals surface area contributed by atoms with E-state index in [0.717, 1.165) is 41.6 Å². The number of aliphatic hydroxyl groups is 1. The second-order valence-corrected chi connectivity index (χ2v) is 9.41. The molecule has 5 heteroatoms. The number of hydrogen-bond acceptors (Lipinski definition) is 4. The highest BCUT2D eigenvalue weighted by Crippen LogP contribution is 2.46. The van der Waals surface area contributed by atoms with Crippen LogP contribution in [0.1, 0.15) is 35.1 Å². The average molecular weight is 479 g/mol. The smallest absolute Gasteiger partial charge is 0.269 e. The highest BCUT2D eigenvalue weighted by Gasteiger charge is 2.48. The molecule has 0 aliphatic carbocycles. The fourth-order valence-corrected chi connectivity index (χ4v) is 5.78. The van der Waals surface area contributed by atoms with E-state index in [-0.39, 0.29) is 11.7 Å². The highest BCUT2D eigenvalue weighted by molar-refractivity contribution is 5.50. The standard InChI is InChI=1S/C31H30N2O3/c34-30(23-24-18-20-28(21-19-24)33(35)36)29-17-10-22-32(29)31(25-11-4-1-5-12-25,26-13-6-2-7-14-26)27-15-8-3-9-16-27/h1-9,11-16,18-21,29-30,34H,10,17,22-23H2/t29?,30-/m0/s1. The molecular formula is C31H30N2O3. The number of aliphatic hydroxyl groups excluding tert-OH is 1. The third kappa shape index (κ3) is 4.43. The topological polar surface area (TPSA) is 66.6 Å². The van der Waals surface area contributed by atoms with Crippen molar-refractivity contribution in [2.75, 3.05) is 6.54 Å². The first kappa shape index (κ1) is 23.9. The van der Waals surface area contributed by atoms with Gasteiger partial charge in [-0.05, 0) is 41.5 Å². The van der Waals surface area contributed by atoms with Crippen LogP contribution >= 0.6 is 0 Å². The minimum atomic E-state index is -0.621. The molecule has 5 nitrogen and oxygen atoms in total. The molecule has 36 heavy (non-hydrogen) atoms. The molecule has 0 radical (unpaired) electrons. The predicted molar refractivity (Wildman–Crippen MR) is 142 cm³/mol. The molecule has 1 N–H and O–H groups in total. The molecule has 1 unspecified atom stereocenters. The minimum absolute atomic E-state index is 0.0620. The summed E-state index contributed by atoms with van der Waals surface area (Å²) in [4.78, 5) is 13.1. The van der Waals surface area contributed by atoms with Gasteiger partial charge in [0.25, 0.3) is 5.69 Å². The van der Waals surface area contributed by atoms with Crippen molar-refractivity contribution in [3.63, 3.8) is 0 Å². The Labute approximate surface area is 211 Å². The fourth-order valence-electron chi connectivity index (χ4n) is 5.78. The van der Waals surface area contributed by atoms with Crippen molar-refractivity contribution in [1.82, 2.24) is 4.90 Å². The van der Waals surface area contributed by atoms with Crippen LogP contribution in [0, 0.1) is 10.1 Å². The Kier molecular flexibility index (Phi) is 6.94. The van der Waals surface area contributed by atoms with Crippen molar-refractivity contribution >= 4 is 5.69 Å². The summed E-state index contributed by atoms with van der Waals surface area (Å²) in [5, 5.41) is 22.6. The number of likely N-dealkylation sites (tertiary alicyclic amines) is 1. The quantitative estimate of drug-likeness (QED) is 0.193. The first-order valence-electron chi connectivity index (χ1n) is 12.5.